The fourth-order valence-electron chi connectivity index (χ4n) is 2.05. The topological polar surface area (TPSA) is 58.2 Å². The number of amides is 2. The molecule has 0 atom stereocenters. The number of rotatable bonds is 8. The van der Waals surface area contributed by atoms with Gasteiger partial charge < -0.3 is 10.6 Å². The summed E-state index contributed by atoms with van der Waals surface area (Å²) in [4.78, 5) is 24.4. The van der Waals surface area contributed by atoms with Crippen LogP contribution in [-0.2, 0) is 9.59 Å². The minimum Gasteiger partial charge on any atom is -0.302 e. The van der Waals surface area contributed by atoms with Gasteiger partial charge in [-0.05, 0) is 30.8 Å². The summed E-state index contributed by atoms with van der Waals surface area (Å²) in [7, 11) is 0. The van der Waals surface area contributed by atoms with Gasteiger partial charge in [0.1, 0.15) is 5.41 Å². The Morgan fingerprint density at radius 2 is 1.95 bits per heavy atom. The van der Waals surface area contributed by atoms with Crippen molar-refractivity contribution in [2.24, 2.45) is 5.41 Å². The van der Waals surface area contributed by atoms with E-state index in [0.29, 0.717) is 12.8 Å². The second-order valence-electron chi connectivity index (χ2n) is 4.54. The maximum Gasteiger partial charge on any atom is 0.241 e. The molecule has 0 aromatic heterocycles. The van der Waals surface area contributed by atoms with Gasteiger partial charge >= 0.3 is 0 Å². The molecule has 1 rings (SSSR count). The molecule has 2 amide bonds. The van der Waals surface area contributed by atoms with Gasteiger partial charge in [-0.25, -0.2) is 0 Å². The van der Waals surface area contributed by atoms with Crippen molar-refractivity contribution in [3.8, 4) is 0 Å². The third-order valence-electron chi connectivity index (χ3n) is 3.19. The number of carbonyl (C=O) groups excluding carboxylic acids is 2. The van der Waals surface area contributed by atoms with Crippen molar-refractivity contribution in [1.82, 2.24) is 10.6 Å². The largest absolute Gasteiger partial charge is 0.302 e. The first-order chi connectivity index (χ1) is 9.06. The Morgan fingerprint density at radius 1 is 1.32 bits per heavy atom. The van der Waals surface area contributed by atoms with E-state index in [2.05, 4.69) is 17.2 Å². The lowest BCUT2D eigenvalue weighted by Gasteiger charge is -2.35. The summed E-state index contributed by atoms with van der Waals surface area (Å²) in [6.45, 7) is 5.70. The molecule has 6 heteroatoms. The molecule has 1 aliphatic heterocycles. The molecule has 1 heterocycles. The third kappa shape index (κ3) is 4.04. The third-order valence-corrected chi connectivity index (χ3v) is 4.36. The SMILES string of the molecule is C=CCSCCC1(CCCC)C(=O)NC(=S)NC1=O. The predicted octanol–water partition coefficient (Wildman–Crippen LogP) is 2.00. The highest BCUT2D eigenvalue weighted by molar-refractivity contribution is 7.99. The summed E-state index contributed by atoms with van der Waals surface area (Å²) in [6, 6.07) is 0. The van der Waals surface area contributed by atoms with E-state index in [9.17, 15) is 9.59 Å². The van der Waals surface area contributed by atoms with Crippen LogP contribution in [0.2, 0.25) is 0 Å². The Morgan fingerprint density at radius 3 is 2.47 bits per heavy atom. The van der Waals surface area contributed by atoms with Crippen molar-refractivity contribution in [3.05, 3.63) is 12.7 Å². The lowest BCUT2D eigenvalue weighted by Crippen LogP contribution is -2.62. The van der Waals surface area contributed by atoms with Crippen molar-refractivity contribution in [3.63, 3.8) is 0 Å². The Balaban J connectivity index is 2.78. The number of unbranched alkanes of at least 4 members (excludes halogenated alkanes) is 1. The van der Waals surface area contributed by atoms with Crippen LogP contribution in [0.5, 0.6) is 0 Å². The first kappa shape index (κ1) is 16.2. The molecule has 0 aromatic carbocycles. The van der Waals surface area contributed by atoms with Crippen LogP contribution in [0.3, 0.4) is 0 Å². The second kappa shape index (κ2) is 7.65. The molecule has 0 aromatic rings. The zero-order valence-corrected chi connectivity index (χ0v) is 12.8. The molecule has 106 valence electrons. The molecule has 2 N–H and O–H groups in total. The fourth-order valence-corrected chi connectivity index (χ4v) is 3.06. The predicted molar refractivity (Wildman–Crippen MR) is 83.0 cm³/mol. The van der Waals surface area contributed by atoms with Crippen molar-refractivity contribution in [1.29, 1.82) is 0 Å². The number of hydrogen-bond donors (Lipinski definition) is 2. The molecule has 0 spiro atoms. The minimum atomic E-state index is -0.966. The van der Waals surface area contributed by atoms with E-state index in [0.717, 1.165) is 24.3 Å². The summed E-state index contributed by atoms with van der Waals surface area (Å²) < 4.78 is 0. The van der Waals surface area contributed by atoms with Gasteiger partial charge in [-0.15, -0.1) is 6.58 Å². The van der Waals surface area contributed by atoms with Gasteiger partial charge in [-0.2, -0.15) is 11.8 Å². The Hall–Kier alpha value is -0.880. The maximum atomic E-state index is 12.2. The Bertz CT molecular complexity index is 363. The summed E-state index contributed by atoms with van der Waals surface area (Å²) in [5.74, 6) is 1.07. The second-order valence-corrected chi connectivity index (χ2v) is 6.09. The highest BCUT2D eigenvalue weighted by Gasteiger charge is 2.48. The zero-order valence-electron chi connectivity index (χ0n) is 11.2. The smallest absolute Gasteiger partial charge is 0.241 e. The van der Waals surface area contributed by atoms with Crippen LogP contribution >= 0.6 is 24.0 Å². The summed E-state index contributed by atoms with van der Waals surface area (Å²) >= 11 is 6.52. The molecule has 4 nitrogen and oxygen atoms in total. The van der Waals surface area contributed by atoms with E-state index in [1.165, 1.54) is 0 Å². The van der Waals surface area contributed by atoms with Gasteiger partial charge in [0, 0.05) is 5.75 Å². The van der Waals surface area contributed by atoms with Crippen molar-refractivity contribution >= 4 is 40.9 Å². The van der Waals surface area contributed by atoms with Crippen LogP contribution in [0, 0.1) is 5.41 Å². The number of thioether (sulfide) groups is 1. The molecule has 0 saturated carbocycles. The number of carbonyl (C=O) groups is 2. The van der Waals surface area contributed by atoms with Crippen molar-refractivity contribution in [2.75, 3.05) is 11.5 Å². The quantitative estimate of drug-likeness (QED) is 0.311. The van der Waals surface area contributed by atoms with Gasteiger partial charge in [0.05, 0.1) is 0 Å². The van der Waals surface area contributed by atoms with E-state index < -0.39 is 5.41 Å². The molecule has 0 radical (unpaired) electrons. The average molecular weight is 300 g/mol. The molecule has 1 saturated heterocycles. The lowest BCUT2D eigenvalue weighted by atomic mass is 9.77. The Labute approximate surface area is 123 Å². The van der Waals surface area contributed by atoms with E-state index in [1.807, 2.05) is 13.0 Å². The van der Waals surface area contributed by atoms with Crippen LogP contribution < -0.4 is 10.6 Å². The summed E-state index contributed by atoms with van der Waals surface area (Å²) in [5.41, 5.74) is -0.966. The van der Waals surface area contributed by atoms with Gasteiger partial charge in [-0.3, -0.25) is 9.59 Å². The average Bonchev–Trinajstić information content (AvgIpc) is 2.36. The van der Waals surface area contributed by atoms with E-state index in [1.54, 1.807) is 11.8 Å². The molecular weight excluding hydrogens is 280 g/mol. The van der Waals surface area contributed by atoms with Gasteiger partial charge in [0.25, 0.3) is 0 Å². The molecule has 0 aliphatic carbocycles. The van der Waals surface area contributed by atoms with Gasteiger partial charge in [0.2, 0.25) is 11.8 Å². The molecule has 1 aliphatic rings. The normalized spacial score (nSPS) is 17.8. The van der Waals surface area contributed by atoms with E-state index in [-0.39, 0.29) is 16.9 Å². The van der Waals surface area contributed by atoms with Crippen LogP contribution in [0.4, 0.5) is 0 Å². The first-order valence-corrected chi connectivity index (χ1v) is 7.98. The van der Waals surface area contributed by atoms with E-state index >= 15 is 0 Å². The number of nitrogens with one attached hydrogen (secondary N) is 2. The van der Waals surface area contributed by atoms with Crippen molar-refractivity contribution < 1.29 is 9.59 Å². The van der Waals surface area contributed by atoms with Gasteiger partial charge in [0.15, 0.2) is 5.11 Å². The van der Waals surface area contributed by atoms with Crippen LogP contribution in [0.15, 0.2) is 12.7 Å². The molecule has 0 unspecified atom stereocenters. The van der Waals surface area contributed by atoms with Crippen LogP contribution in [0.25, 0.3) is 0 Å². The summed E-state index contributed by atoms with van der Waals surface area (Å²) in [6.07, 6.45) is 4.72. The number of hydrogen-bond acceptors (Lipinski definition) is 4. The van der Waals surface area contributed by atoms with Crippen LogP contribution in [0.1, 0.15) is 32.6 Å². The molecule has 19 heavy (non-hydrogen) atoms. The molecule has 0 bridgehead atoms. The number of thiocarbonyl (C=S) groups is 1. The molecular formula is C13H20N2O2S2. The fraction of sp³-hybridized carbons (Fsp3) is 0.615. The zero-order chi connectivity index (χ0) is 14.3. The monoisotopic (exact) mass is 300 g/mol. The van der Waals surface area contributed by atoms with Crippen LogP contribution in [-0.4, -0.2) is 28.4 Å². The summed E-state index contributed by atoms with van der Waals surface area (Å²) in [5, 5.41) is 5.28. The maximum absolute atomic E-state index is 12.2. The Kier molecular flexibility index (Phi) is 6.51. The van der Waals surface area contributed by atoms with Crippen molar-refractivity contribution in [2.45, 2.75) is 32.6 Å². The van der Waals surface area contributed by atoms with Gasteiger partial charge in [-0.1, -0.05) is 25.8 Å². The highest BCUT2D eigenvalue weighted by Crippen LogP contribution is 2.33. The molecule has 1 fully saturated rings. The standard InChI is InChI=1S/C13H20N2O2S2/c1-3-5-6-13(7-9-19-8-4-2)10(16)14-12(18)15-11(13)17/h4H,2-3,5-9H2,1H3,(H2,14,15,16,17,18). The minimum absolute atomic E-state index is 0.112. The lowest BCUT2D eigenvalue weighted by molar-refractivity contribution is -0.144. The first-order valence-electron chi connectivity index (χ1n) is 6.42. The van der Waals surface area contributed by atoms with E-state index in [4.69, 9.17) is 12.2 Å². The highest BCUT2D eigenvalue weighted by atomic mass is 32.2.